The molecule has 0 spiro atoms. The van der Waals surface area contributed by atoms with E-state index in [2.05, 4.69) is 5.32 Å². The summed E-state index contributed by atoms with van der Waals surface area (Å²) in [6, 6.07) is 8.06. The van der Waals surface area contributed by atoms with Gasteiger partial charge in [0.05, 0.1) is 0 Å². The van der Waals surface area contributed by atoms with Gasteiger partial charge in [0, 0.05) is 6.54 Å². The highest BCUT2D eigenvalue weighted by atomic mass is 19.1. The topological polar surface area (TPSA) is 30.5 Å². The molecule has 0 atom stereocenters. The Morgan fingerprint density at radius 3 is 2.75 bits per heavy atom. The van der Waals surface area contributed by atoms with E-state index >= 15 is 0 Å². The van der Waals surface area contributed by atoms with Crippen molar-refractivity contribution in [2.24, 2.45) is 0 Å². The Hall–Kier alpha value is -2.30. The van der Waals surface area contributed by atoms with E-state index in [9.17, 15) is 8.78 Å². The standard InChI is InChI=1S/C15H13F2NO2/c1-9-2-4-11(16)15(14(9)17)18-7-10-3-5-12-13(6-10)20-8-19-12/h2-6,18H,7-8H2,1H3. The van der Waals surface area contributed by atoms with E-state index in [0.717, 1.165) is 5.56 Å². The van der Waals surface area contributed by atoms with E-state index in [4.69, 9.17) is 9.47 Å². The van der Waals surface area contributed by atoms with Crippen molar-refractivity contribution in [3.8, 4) is 11.5 Å². The summed E-state index contributed by atoms with van der Waals surface area (Å²) in [5.41, 5.74) is 1.15. The first-order valence-electron chi connectivity index (χ1n) is 6.22. The number of halogens is 2. The van der Waals surface area contributed by atoms with E-state index < -0.39 is 11.6 Å². The average Bonchev–Trinajstić information content (AvgIpc) is 2.90. The van der Waals surface area contributed by atoms with Gasteiger partial charge < -0.3 is 14.8 Å². The number of nitrogens with one attached hydrogen (secondary N) is 1. The van der Waals surface area contributed by atoms with Crippen LogP contribution < -0.4 is 14.8 Å². The van der Waals surface area contributed by atoms with E-state index in [1.807, 2.05) is 6.07 Å². The predicted molar refractivity (Wildman–Crippen MR) is 71.0 cm³/mol. The number of aryl methyl sites for hydroxylation is 1. The highest BCUT2D eigenvalue weighted by molar-refractivity contribution is 5.50. The second-order valence-electron chi connectivity index (χ2n) is 4.59. The monoisotopic (exact) mass is 277 g/mol. The number of hydrogen-bond donors (Lipinski definition) is 1. The maximum atomic E-state index is 13.8. The quantitative estimate of drug-likeness (QED) is 0.929. The molecule has 0 fully saturated rings. The molecule has 0 amide bonds. The zero-order valence-electron chi connectivity index (χ0n) is 10.9. The minimum Gasteiger partial charge on any atom is -0.454 e. The lowest BCUT2D eigenvalue weighted by molar-refractivity contribution is 0.174. The van der Waals surface area contributed by atoms with Gasteiger partial charge in [0.15, 0.2) is 17.3 Å². The van der Waals surface area contributed by atoms with Crippen LogP contribution in [-0.2, 0) is 6.54 Å². The summed E-state index contributed by atoms with van der Waals surface area (Å²) in [4.78, 5) is 0. The fraction of sp³-hybridized carbons (Fsp3) is 0.200. The third-order valence-electron chi connectivity index (χ3n) is 3.19. The fourth-order valence-corrected chi connectivity index (χ4v) is 2.06. The number of anilines is 1. The first kappa shape index (κ1) is 12.7. The third-order valence-corrected chi connectivity index (χ3v) is 3.19. The molecule has 0 saturated heterocycles. The number of ether oxygens (including phenoxy) is 2. The normalized spacial score (nSPS) is 12.6. The van der Waals surface area contributed by atoms with Crippen LogP contribution in [0.15, 0.2) is 30.3 Å². The Bertz CT molecular complexity index is 659. The van der Waals surface area contributed by atoms with Crippen molar-refractivity contribution in [3.05, 3.63) is 53.1 Å². The van der Waals surface area contributed by atoms with Crippen LogP contribution in [0.25, 0.3) is 0 Å². The molecule has 3 rings (SSSR count). The molecule has 0 unspecified atom stereocenters. The summed E-state index contributed by atoms with van der Waals surface area (Å²) < 4.78 is 37.9. The minimum absolute atomic E-state index is 0.109. The van der Waals surface area contributed by atoms with Gasteiger partial charge in [-0.05, 0) is 36.2 Å². The smallest absolute Gasteiger partial charge is 0.231 e. The molecule has 104 valence electrons. The van der Waals surface area contributed by atoms with Gasteiger partial charge in [0.1, 0.15) is 11.5 Å². The summed E-state index contributed by atoms with van der Waals surface area (Å²) in [7, 11) is 0. The molecular formula is C15H13F2NO2. The molecule has 0 radical (unpaired) electrons. The Kier molecular flexibility index (Phi) is 3.18. The molecule has 2 aromatic carbocycles. The van der Waals surface area contributed by atoms with Gasteiger partial charge in [0.2, 0.25) is 6.79 Å². The maximum Gasteiger partial charge on any atom is 0.231 e. The molecule has 1 aliphatic heterocycles. The van der Waals surface area contributed by atoms with Crippen LogP contribution in [0.3, 0.4) is 0 Å². The molecule has 1 N–H and O–H groups in total. The zero-order chi connectivity index (χ0) is 14.1. The molecule has 1 heterocycles. The highest BCUT2D eigenvalue weighted by Gasteiger charge is 2.14. The van der Waals surface area contributed by atoms with Crippen molar-refractivity contribution in [1.82, 2.24) is 0 Å². The van der Waals surface area contributed by atoms with Crippen LogP contribution in [0.2, 0.25) is 0 Å². The van der Waals surface area contributed by atoms with Gasteiger partial charge in [-0.3, -0.25) is 0 Å². The number of rotatable bonds is 3. The molecule has 5 heteroatoms. The van der Waals surface area contributed by atoms with Crippen molar-refractivity contribution < 1.29 is 18.3 Å². The van der Waals surface area contributed by atoms with Gasteiger partial charge >= 0.3 is 0 Å². The van der Waals surface area contributed by atoms with E-state index in [-0.39, 0.29) is 12.5 Å². The van der Waals surface area contributed by atoms with Crippen LogP contribution in [0.5, 0.6) is 11.5 Å². The highest BCUT2D eigenvalue weighted by Crippen LogP contribution is 2.32. The van der Waals surface area contributed by atoms with Crippen LogP contribution in [-0.4, -0.2) is 6.79 Å². The summed E-state index contributed by atoms with van der Waals surface area (Å²) in [5.74, 6) is 0.163. The van der Waals surface area contributed by atoms with Crippen LogP contribution in [0.4, 0.5) is 14.5 Å². The van der Waals surface area contributed by atoms with Crippen molar-refractivity contribution in [3.63, 3.8) is 0 Å². The molecule has 0 aliphatic carbocycles. The molecule has 0 saturated carbocycles. The van der Waals surface area contributed by atoms with Crippen LogP contribution in [0.1, 0.15) is 11.1 Å². The molecule has 0 bridgehead atoms. The SMILES string of the molecule is Cc1ccc(F)c(NCc2ccc3c(c2)OCO3)c1F. The summed E-state index contributed by atoms with van der Waals surface area (Å²) in [6.07, 6.45) is 0. The average molecular weight is 277 g/mol. The van der Waals surface area contributed by atoms with Crippen molar-refractivity contribution >= 4 is 5.69 Å². The second kappa shape index (κ2) is 5.00. The van der Waals surface area contributed by atoms with Gasteiger partial charge in [-0.25, -0.2) is 8.78 Å². The molecule has 1 aliphatic rings. The van der Waals surface area contributed by atoms with Crippen molar-refractivity contribution in [1.29, 1.82) is 0 Å². The number of hydrogen-bond acceptors (Lipinski definition) is 3. The predicted octanol–water partition coefficient (Wildman–Crippen LogP) is 3.61. The second-order valence-corrected chi connectivity index (χ2v) is 4.59. The van der Waals surface area contributed by atoms with Gasteiger partial charge in [-0.2, -0.15) is 0 Å². The summed E-state index contributed by atoms with van der Waals surface area (Å²) in [5, 5.41) is 2.78. The molecule has 3 nitrogen and oxygen atoms in total. The van der Waals surface area contributed by atoms with Crippen LogP contribution in [0, 0.1) is 18.6 Å². The Morgan fingerprint density at radius 1 is 1.10 bits per heavy atom. The molecular weight excluding hydrogens is 264 g/mol. The minimum atomic E-state index is -0.603. The first-order valence-corrected chi connectivity index (χ1v) is 6.22. The lowest BCUT2D eigenvalue weighted by Gasteiger charge is -2.10. The lowest BCUT2D eigenvalue weighted by atomic mass is 10.1. The van der Waals surface area contributed by atoms with Gasteiger partial charge in [-0.1, -0.05) is 12.1 Å². The third kappa shape index (κ3) is 2.27. The summed E-state index contributed by atoms with van der Waals surface area (Å²) in [6.45, 7) is 2.10. The number of benzene rings is 2. The van der Waals surface area contributed by atoms with E-state index in [1.165, 1.54) is 12.1 Å². The molecule has 20 heavy (non-hydrogen) atoms. The van der Waals surface area contributed by atoms with Crippen molar-refractivity contribution in [2.75, 3.05) is 12.1 Å². The van der Waals surface area contributed by atoms with Crippen molar-refractivity contribution in [2.45, 2.75) is 13.5 Å². The zero-order valence-corrected chi connectivity index (χ0v) is 10.9. The van der Waals surface area contributed by atoms with E-state index in [0.29, 0.717) is 23.6 Å². The van der Waals surface area contributed by atoms with Gasteiger partial charge in [0.25, 0.3) is 0 Å². The largest absolute Gasteiger partial charge is 0.454 e. The van der Waals surface area contributed by atoms with E-state index in [1.54, 1.807) is 19.1 Å². The summed E-state index contributed by atoms with van der Waals surface area (Å²) >= 11 is 0. The Labute approximate surface area is 115 Å². The van der Waals surface area contributed by atoms with Crippen LogP contribution >= 0.6 is 0 Å². The van der Waals surface area contributed by atoms with Gasteiger partial charge in [-0.15, -0.1) is 0 Å². The number of fused-ring (bicyclic) bond motifs is 1. The molecule has 0 aromatic heterocycles. The Morgan fingerprint density at radius 2 is 1.90 bits per heavy atom. The Balaban J connectivity index is 1.79. The lowest BCUT2D eigenvalue weighted by Crippen LogP contribution is -2.05. The maximum absolute atomic E-state index is 13.8. The fourth-order valence-electron chi connectivity index (χ4n) is 2.06. The first-order chi connectivity index (χ1) is 9.65. The molecule has 2 aromatic rings.